The molecule has 1 saturated carbocycles. The van der Waals surface area contributed by atoms with Gasteiger partial charge in [-0.2, -0.15) is 11.8 Å². The zero-order chi connectivity index (χ0) is 12.1. The van der Waals surface area contributed by atoms with E-state index in [4.69, 9.17) is 4.74 Å². The molecule has 1 fully saturated rings. The Balaban J connectivity index is 1.74. The number of hydrogen-bond acceptors (Lipinski definition) is 3. The molecule has 3 heteroatoms. The predicted octanol–water partition coefficient (Wildman–Crippen LogP) is 3.90. The van der Waals surface area contributed by atoms with Crippen LogP contribution in [0.2, 0.25) is 0 Å². The van der Waals surface area contributed by atoms with E-state index in [9.17, 15) is 0 Å². The van der Waals surface area contributed by atoms with Gasteiger partial charge in [-0.3, -0.25) is 4.98 Å². The fourth-order valence-electron chi connectivity index (χ4n) is 1.71. The maximum absolute atomic E-state index is 5.66. The molecule has 0 bridgehead atoms. The van der Waals surface area contributed by atoms with E-state index in [0.717, 1.165) is 23.1 Å². The number of ether oxygens (including phenoxy) is 1. The second kappa shape index (κ2) is 6.29. The van der Waals surface area contributed by atoms with E-state index in [1.54, 1.807) is 0 Å². The monoisotopic (exact) mass is 251 g/mol. The van der Waals surface area contributed by atoms with Gasteiger partial charge < -0.3 is 4.74 Å². The highest BCUT2D eigenvalue weighted by Crippen LogP contribution is 2.33. The van der Waals surface area contributed by atoms with E-state index in [0.29, 0.717) is 0 Å². The van der Waals surface area contributed by atoms with Crippen LogP contribution < -0.4 is 4.74 Å². The molecule has 0 aromatic carbocycles. The number of pyridine rings is 1. The topological polar surface area (TPSA) is 22.1 Å². The van der Waals surface area contributed by atoms with Crippen molar-refractivity contribution in [2.45, 2.75) is 45.0 Å². The van der Waals surface area contributed by atoms with E-state index in [1.807, 2.05) is 37.9 Å². The molecule has 17 heavy (non-hydrogen) atoms. The molecule has 0 aliphatic heterocycles. The molecule has 0 amide bonds. The Hall–Kier alpha value is -0.700. The first-order chi connectivity index (χ1) is 8.24. The van der Waals surface area contributed by atoms with Crippen LogP contribution in [0.15, 0.2) is 18.3 Å². The van der Waals surface area contributed by atoms with E-state index in [2.05, 4.69) is 11.1 Å². The molecule has 0 atom stereocenters. The molecule has 1 aliphatic rings. The van der Waals surface area contributed by atoms with Crippen molar-refractivity contribution in [3.63, 3.8) is 0 Å². The summed E-state index contributed by atoms with van der Waals surface area (Å²) in [7, 11) is 0. The Morgan fingerprint density at radius 1 is 1.47 bits per heavy atom. The maximum Gasteiger partial charge on any atom is 0.123 e. The van der Waals surface area contributed by atoms with Gasteiger partial charge in [0.1, 0.15) is 5.75 Å². The lowest BCUT2D eigenvalue weighted by Crippen LogP contribution is -2.05. The van der Waals surface area contributed by atoms with Gasteiger partial charge in [0.05, 0.1) is 11.8 Å². The molecular formula is C14H21NOS. The van der Waals surface area contributed by atoms with Crippen LogP contribution in [0.5, 0.6) is 5.75 Å². The Morgan fingerprint density at radius 2 is 2.29 bits per heavy atom. The van der Waals surface area contributed by atoms with Gasteiger partial charge >= 0.3 is 0 Å². The molecule has 0 radical (unpaired) electrons. The van der Waals surface area contributed by atoms with Crippen LogP contribution in [0, 0.1) is 5.92 Å². The van der Waals surface area contributed by atoms with Gasteiger partial charge in [-0.05, 0) is 38.0 Å². The lowest BCUT2D eigenvalue weighted by atomic mass is 10.3. The third-order valence-corrected chi connectivity index (χ3v) is 3.80. The van der Waals surface area contributed by atoms with E-state index < -0.39 is 0 Å². The first kappa shape index (κ1) is 12.7. The quantitative estimate of drug-likeness (QED) is 0.686. The van der Waals surface area contributed by atoms with Crippen molar-refractivity contribution in [2.24, 2.45) is 5.92 Å². The molecule has 1 heterocycles. The van der Waals surface area contributed by atoms with E-state index in [-0.39, 0.29) is 6.10 Å². The summed E-state index contributed by atoms with van der Waals surface area (Å²) in [6.45, 7) is 4.09. The van der Waals surface area contributed by atoms with Crippen molar-refractivity contribution < 1.29 is 4.74 Å². The van der Waals surface area contributed by atoms with Crippen LogP contribution in [0.3, 0.4) is 0 Å². The smallest absolute Gasteiger partial charge is 0.123 e. The molecule has 1 aliphatic carbocycles. The summed E-state index contributed by atoms with van der Waals surface area (Å²) >= 11 is 1.98. The Labute approximate surface area is 108 Å². The van der Waals surface area contributed by atoms with Crippen molar-refractivity contribution >= 4 is 11.8 Å². The molecule has 94 valence electrons. The van der Waals surface area contributed by atoms with Gasteiger partial charge in [-0.25, -0.2) is 0 Å². The molecular weight excluding hydrogens is 230 g/mol. The molecule has 1 aromatic rings. The number of nitrogens with zero attached hydrogens (tertiary/aromatic N) is 1. The van der Waals surface area contributed by atoms with Crippen LogP contribution in [0.4, 0.5) is 0 Å². The average molecular weight is 251 g/mol. The van der Waals surface area contributed by atoms with Crippen molar-refractivity contribution in [2.75, 3.05) is 5.75 Å². The van der Waals surface area contributed by atoms with Gasteiger partial charge in [0.2, 0.25) is 0 Å². The molecule has 0 N–H and O–H groups in total. The third-order valence-electron chi connectivity index (χ3n) is 2.78. The zero-order valence-electron chi connectivity index (χ0n) is 10.7. The summed E-state index contributed by atoms with van der Waals surface area (Å²) in [5.74, 6) is 4.24. The van der Waals surface area contributed by atoms with Gasteiger partial charge in [0, 0.05) is 18.0 Å². The Bertz CT molecular complexity index is 350. The lowest BCUT2D eigenvalue weighted by Gasteiger charge is -2.10. The van der Waals surface area contributed by atoms with Gasteiger partial charge in [-0.1, -0.05) is 12.8 Å². The fraction of sp³-hybridized carbons (Fsp3) is 0.643. The molecule has 0 unspecified atom stereocenters. The van der Waals surface area contributed by atoms with E-state index >= 15 is 0 Å². The second-order valence-corrected chi connectivity index (χ2v) is 6.04. The average Bonchev–Trinajstić information content (AvgIpc) is 3.08. The van der Waals surface area contributed by atoms with Crippen molar-refractivity contribution in [1.82, 2.24) is 4.98 Å². The summed E-state index contributed by atoms with van der Waals surface area (Å²) in [5, 5.41) is 0. The molecule has 0 saturated heterocycles. The first-order valence-electron chi connectivity index (χ1n) is 6.43. The SMILES string of the molecule is CC(C)Oc1ccnc(CSCCC2CC2)c1. The highest BCUT2D eigenvalue weighted by atomic mass is 32.2. The zero-order valence-corrected chi connectivity index (χ0v) is 11.5. The van der Waals surface area contributed by atoms with Gasteiger partial charge in [-0.15, -0.1) is 0 Å². The molecule has 2 rings (SSSR count). The number of aromatic nitrogens is 1. The highest BCUT2D eigenvalue weighted by molar-refractivity contribution is 7.98. The molecule has 0 spiro atoms. The molecule has 1 aromatic heterocycles. The number of rotatable bonds is 7. The lowest BCUT2D eigenvalue weighted by molar-refractivity contribution is 0.242. The minimum Gasteiger partial charge on any atom is -0.491 e. The van der Waals surface area contributed by atoms with Crippen molar-refractivity contribution in [1.29, 1.82) is 0 Å². The van der Waals surface area contributed by atoms with Gasteiger partial charge in [0.25, 0.3) is 0 Å². The summed E-state index contributed by atoms with van der Waals surface area (Å²) in [6.07, 6.45) is 6.36. The fourth-order valence-corrected chi connectivity index (χ4v) is 2.73. The van der Waals surface area contributed by atoms with Crippen LogP contribution in [0.1, 0.15) is 38.8 Å². The summed E-state index contributed by atoms with van der Waals surface area (Å²) in [4.78, 5) is 4.38. The molecule has 2 nitrogen and oxygen atoms in total. The van der Waals surface area contributed by atoms with Gasteiger partial charge in [0.15, 0.2) is 0 Å². The number of hydrogen-bond donors (Lipinski definition) is 0. The summed E-state index contributed by atoms with van der Waals surface area (Å²) in [5.41, 5.74) is 1.13. The Morgan fingerprint density at radius 3 is 3.00 bits per heavy atom. The van der Waals surface area contributed by atoms with Crippen LogP contribution in [-0.4, -0.2) is 16.8 Å². The largest absolute Gasteiger partial charge is 0.491 e. The van der Waals surface area contributed by atoms with Crippen LogP contribution in [0.25, 0.3) is 0 Å². The van der Waals surface area contributed by atoms with E-state index in [1.165, 1.54) is 25.0 Å². The minimum atomic E-state index is 0.229. The van der Waals surface area contributed by atoms with Crippen LogP contribution >= 0.6 is 11.8 Å². The minimum absolute atomic E-state index is 0.229. The highest BCUT2D eigenvalue weighted by Gasteiger charge is 2.20. The first-order valence-corrected chi connectivity index (χ1v) is 7.59. The van der Waals surface area contributed by atoms with Crippen molar-refractivity contribution in [3.05, 3.63) is 24.0 Å². The standard InChI is InChI=1S/C14H21NOS/c1-11(2)16-14-5-7-15-13(9-14)10-17-8-6-12-3-4-12/h5,7,9,11-12H,3-4,6,8,10H2,1-2H3. The van der Waals surface area contributed by atoms with Crippen LogP contribution in [-0.2, 0) is 5.75 Å². The normalized spacial score (nSPS) is 15.2. The summed E-state index contributed by atoms with van der Waals surface area (Å²) < 4.78 is 5.66. The summed E-state index contributed by atoms with van der Waals surface area (Å²) in [6, 6.07) is 3.99. The number of thioether (sulfide) groups is 1. The third kappa shape index (κ3) is 4.99. The maximum atomic E-state index is 5.66. The van der Waals surface area contributed by atoms with Crippen molar-refractivity contribution in [3.8, 4) is 5.75 Å². The predicted molar refractivity (Wildman–Crippen MR) is 73.5 cm³/mol. The Kier molecular flexibility index (Phi) is 4.72. The second-order valence-electron chi connectivity index (χ2n) is 4.93.